The van der Waals surface area contributed by atoms with Gasteiger partial charge in [-0.1, -0.05) is 11.6 Å². The lowest BCUT2D eigenvalue weighted by Crippen LogP contribution is -2.45. The van der Waals surface area contributed by atoms with Crippen molar-refractivity contribution in [2.75, 3.05) is 38.1 Å². The number of nitrogens with zero attached hydrogens (tertiary/aromatic N) is 4. The average molecular weight is 395 g/mol. The number of hydrogen-bond acceptors (Lipinski definition) is 4. The summed E-state index contributed by atoms with van der Waals surface area (Å²) < 4.78 is 0. The van der Waals surface area contributed by atoms with Crippen LogP contribution in [-0.2, 0) is 0 Å². The summed E-state index contributed by atoms with van der Waals surface area (Å²) in [4.78, 5) is 13.5. The predicted molar refractivity (Wildman–Crippen MR) is 116 cm³/mol. The normalized spacial score (nSPS) is 18.0. The van der Waals surface area contributed by atoms with Gasteiger partial charge in [-0.2, -0.15) is 0 Å². The van der Waals surface area contributed by atoms with Gasteiger partial charge in [0, 0.05) is 57.5 Å². The molecule has 0 radical (unpaired) electrons. The molecule has 1 aliphatic heterocycles. The van der Waals surface area contributed by atoms with Gasteiger partial charge in [-0.05, 0) is 52.7 Å². The Bertz CT molecular complexity index is 596. The van der Waals surface area contributed by atoms with Crippen LogP contribution in [0.25, 0.3) is 0 Å². The molecule has 2 rings (SSSR count). The van der Waals surface area contributed by atoms with Crippen molar-refractivity contribution in [3.8, 4) is 0 Å². The summed E-state index contributed by atoms with van der Waals surface area (Å²) in [6, 6.07) is 5.25. The van der Waals surface area contributed by atoms with E-state index in [0.29, 0.717) is 23.1 Å². The molecular formula is C20H35ClN6. The summed E-state index contributed by atoms with van der Waals surface area (Å²) in [6.45, 7) is 12.9. The number of hydrogen-bond donors (Lipinski definition) is 2. The lowest BCUT2D eigenvalue weighted by molar-refractivity contribution is 0.173. The first-order chi connectivity index (χ1) is 12.9. The molecule has 1 fully saturated rings. The molecule has 1 unspecified atom stereocenters. The monoisotopic (exact) mass is 394 g/mol. The fourth-order valence-electron chi connectivity index (χ4n) is 3.65. The van der Waals surface area contributed by atoms with Gasteiger partial charge in [0.25, 0.3) is 0 Å². The van der Waals surface area contributed by atoms with Crippen molar-refractivity contribution in [2.45, 2.75) is 58.7 Å². The number of pyridine rings is 1. The minimum absolute atomic E-state index is 0.345. The van der Waals surface area contributed by atoms with Crippen molar-refractivity contribution in [3.05, 3.63) is 23.4 Å². The van der Waals surface area contributed by atoms with Gasteiger partial charge >= 0.3 is 0 Å². The van der Waals surface area contributed by atoms with Crippen molar-refractivity contribution in [1.82, 2.24) is 20.5 Å². The zero-order valence-electron chi connectivity index (χ0n) is 17.4. The molecule has 6 nitrogen and oxygen atoms in total. The Labute approximate surface area is 169 Å². The quantitative estimate of drug-likeness (QED) is 0.403. The van der Waals surface area contributed by atoms with E-state index < -0.39 is 0 Å². The highest BCUT2D eigenvalue weighted by Gasteiger charge is 2.25. The zero-order chi connectivity index (χ0) is 19.8. The largest absolute Gasteiger partial charge is 0.356 e. The molecule has 152 valence electrons. The van der Waals surface area contributed by atoms with Gasteiger partial charge in [-0.3, -0.25) is 9.89 Å². The Morgan fingerprint density at radius 2 is 2.11 bits per heavy atom. The van der Waals surface area contributed by atoms with Crippen molar-refractivity contribution in [1.29, 1.82) is 0 Å². The van der Waals surface area contributed by atoms with E-state index >= 15 is 0 Å². The smallest absolute Gasteiger partial charge is 0.191 e. The van der Waals surface area contributed by atoms with Gasteiger partial charge in [-0.25, -0.2) is 4.98 Å². The van der Waals surface area contributed by atoms with Crippen molar-refractivity contribution < 1.29 is 0 Å². The van der Waals surface area contributed by atoms with Crippen LogP contribution in [0.1, 0.15) is 40.5 Å². The van der Waals surface area contributed by atoms with Crippen LogP contribution in [0, 0.1) is 0 Å². The second-order valence-corrected chi connectivity index (χ2v) is 8.07. The molecule has 0 saturated carbocycles. The number of rotatable bonds is 8. The third-order valence-electron chi connectivity index (χ3n) is 5.00. The molecule has 0 aliphatic carbocycles. The summed E-state index contributed by atoms with van der Waals surface area (Å²) in [7, 11) is 1.83. The van der Waals surface area contributed by atoms with Gasteiger partial charge in [0.15, 0.2) is 5.96 Å². The Morgan fingerprint density at radius 3 is 2.74 bits per heavy atom. The standard InChI is InChI=1S/C20H35ClN6/c1-15(2)27(16(3)4)12-7-11-24-20(22-5)25-17-9-13-26(14-17)19-18(21)8-6-10-23-19/h6,8,10,15-17H,7,9,11-14H2,1-5H3,(H2,22,24,25). The summed E-state index contributed by atoms with van der Waals surface area (Å²) in [5, 5.41) is 7.69. The fraction of sp³-hybridized carbons (Fsp3) is 0.700. The van der Waals surface area contributed by atoms with Crippen LogP contribution in [0.15, 0.2) is 23.3 Å². The molecule has 7 heteroatoms. The topological polar surface area (TPSA) is 55.8 Å². The number of halogens is 1. The number of anilines is 1. The highest BCUT2D eigenvalue weighted by Crippen LogP contribution is 2.25. The average Bonchev–Trinajstić information content (AvgIpc) is 3.08. The van der Waals surface area contributed by atoms with Gasteiger partial charge < -0.3 is 15.5 Å². The van der Waals surface area contributed by atoms with E-state index in [9.17, 15) is 0 Å². The maximum Gasteiger partial charge on any atom is 0.191 e. The number of aromatic nitrogens is 1. The molecule has 0 aromatic carbocycles. The number of guanidine groups is 1. The molecule has 2 heterocycles. The molecular weight excluding hydrogens is 360 g/mol. The van der Waals surface area contributed by atoms with Crippen molar-refractivity contribution >= 4 is 23.4 Å². The first-order valence-corrected chi connectivity index (χ1v) is 10.4. The van der Waals surface area contributed by atoms with Crippen molar-refractivity contribution in [3.63, 3.8) is 0 Å². The zero-order valence-corrected chi connectivity index (χ0v) is 18.1. The highest BCUT2D eigenvalue weighted by molar-refractivity contribution is 6.32. The first kappa shape index (κ1) is 21.8. The summed E-state index contributed by atoms with van der Waals surface area (Å²) in [5.41, 5.74) is 0. The molecule has 1 aliphatic rings. The minimum Gasteiger partial charge on any atom is -0.356 e. The Kier molecular flexibility index (Phi) is 8.64. The molecule has 1 aromatic heterocycles. The SMILES string of the molecule is CN=C(NCCCN(C(C)C)C(C)C)NC1CCN(c2ncccc2Cl)C1. The summed E-state index contributed by atoms with van der Waals surface area (Å²) in [5.74, 6) is 1.74. The van der Waals surface area contributed by atoms with E-state index in [0.717, 1.165) is 50.8 Å². The van der Waals surface area contributed by atoms with E-state index in [-0.39, 0.29) is 0 Å². The number of nitrogens with one attached hydrogen (secondary N) is 2. The van der Waals surface area contributed by atoms with Gasteiger partial charge in [0.2, 0.25) is 0 Å². The molecule has 0 bridgehead atoms. The third-order valence-corrected chi connectivity index (χ3v) is 5.30. The molecule has 1 saturated heterocycles. The molecule has 0 amide bonds. The van der Waals surface area contributed by atoms with Gasteiger partial charge in [0.05, 0.1) is 5.02 Å². The highest BCUT2D eigenvalue weighted by atomic mass is 35.5. The lowest BCUT2D eigenvalue weighted by atomic mass is 10.2. The van der Waals surface area contributed by atoms with E-state index in [1.54, 1.807) is 6.20 Å². The summed E-state index contributed by atoms with van der Waals surface area (Å²) in [6.07, 6.45) is 3.93. The van der Waals surface area contributed by atoms with Crippen molar-refractivity contribution in [2.24, 2.45) is 4.99 Å². The van der Waals surface area contributed by atoms with E-state index in [2.05, 4.69) is 58.1 Å². The minimum atomic E-state index is 0.345. The van der Waals surface area contributed by atoms with Gasteiger partial charge in [0.1, 0.15) is 5.82 Å². The van der Waals surface area contributed by atoms with Crippen LogP contribution in [0.4, 0.5) is 5.82 Å². The lowest BCUT2D eigenvalue weighted by Gasteiger charge is -2.30. The Hall–Kier alpha value is -1.53. The Balaban J connectivity index is 1.75. The fourth-order valence-corrected chi connectivity index (χ4v) is 3.89. The predicted octanol–water partition coefficient (Wildman–Crippen LogP) is 2.99. The van der Waals surface area contributed by atoms with Crippen LogP contribution >= 0.6 is 11.6 Å². The van der Waals surface area contributed by atoms with E-state index in [4.69, 9.17) is 11.6 Å². The summed E-state index contributed by atoms with van der Waals surface area (Å²) >= 11 is 6.27. The van der Waals surface area contributed by atoms with Crippen LogP contribution in [0.3, 0.4) is 0 Å². The van der Waals surface area contributed by atoms with E-state index in [1.165, 1.54) is 0 Å². The second kappa shape index (κ2) is 10.7. The molecule has 27 heavy (non-hydrogen) atoms. The maximum atomic E-state index is 6.27. The number of aliphatic imine (C=N–C) groups is 1. The molecule has 2 N–H and O–H groups in total. The molecule has 0 spiro atoms. The van der Waals surface area contributed by atoms with E-state index in [1.807, 2.05) is 19.2 Å². The van der Waals surface area contributed by atoms with Gasteiger partial charge in [-0.15, -0.1) is 0 Å². The van der Waals surface area contributed by atoms with Crippen LogP contribution < -0.4 is 15.5 Å². The maximum absolute atomic E-state index is 6.27. The molecule has 1 atom stereocenters. The third kappa shape index (κ3) is 6.54. The second-order valence-electron chi connectivity index (χ2n) is 7.66. The van der Waals surface area contributed by atoms with Crippen LogP contribution in [0.5, 0.6) is 0 Å². The molecule has 1 aromatic rings. The first-order valence-electron chi connectivity index (χ1n) is 10.0. The Morgan fingerprint density at radius 1 is 1.37 bits per heavy atom. The van der Waals surface area contributed by atoms with Crippen LogP contribution in [-0.4, -0.2) is 67.2 Å². The van der Waals surface area contributed by atoms with Crippen LogP contribution in [0.2, 0.25) is 5.02 Å².